The lowest BCUT2D eigenvalue weighted by molar-refractivity contribution is 0.0968. The molecule has 1 aliphatic carbocycles. The van der Waals surface area contributed by atoms with Crippen molar-refractivity contribution in [3.63, 3.8) is 0 Å². The molecular formula is C18H24O. The largest absolute Gasteiger partial charge is 0.294 e. The van der Waals surface area contributed by atoms with E-state index in [2.05, 4.69) is 13.0 Å². The second-order valence-electron chi connectivity index (χ2n) is 5.50. The highest BCUT2D eigenvalue weighted by molar-refractivity contribution is 5.96. The molecule has 0 bridgehead atoms. The van der Waals surface area contributed by atoms with Crippen LogP contribution in [-0.2, 0) is 0 Å². The summed E-state index contributed by atoms with van der Waals surface area (Å²) in [6.07, 6.45) is 10.4. The van der Waals surface area contributed by atoms with Crippen LogP contribution in [0.25, 0.3) is 0 Å². The number of carbonyl (C=O) groups excluding carboxylic acids is 1. The molecular weight excluding hydrogens is 232 g/mol. The summed E-state index contributed by atoms with van der Waals surface area (Å²) in [5, 5.41) is 0. The molecule has 1 atom stereocenters. The minimum absolute atomic E-state index is 0.300. The number of rotatable bonds is 6. The minimum Gasteiger partial charge on any atom is -0.294 e. The molecule has 0 aromatic heterocycles. The van der Waals surface area contributed by atoms with E-state index in [1.165, 1.54) is 44.1 Å². The van der Waals surface area contributed by atoms with Crippen molar-refractivity contribution in [1.82, 2.24) is 0 Å². The first kappa shape index (κ1) is 14.0. The number of allylic oxidation sites excluding steroid dienone is 2. The predicted molar refractivity (Wildman–Crippen MR) is 80.3 cm³/mol. The summed E-state index contributed by atoms with van der Waals surface area (Å²) in [7, 11) is 0. The third kappa shape index (κ3) is 4.05. The van der Waals surface area contributed by atoms with Gasteiger partial charge in [0.05, 0.1) is 0 Å². The Labute approximate surface area is 116 Å². The average molecular weight is 256 g/mol. The molecule has 0 saturated heterocycles. The summed E-state index contributed by atoms with van der Waals surface area (Å²) in [6.45, 7) is 2.23. The van der Waals surface area contributed by atoms with E-state index in [1.807, 2.05) is 30.3 Å². The zero-order chi connectivity index (χ0) is 13.5. The molecule has 19 heavy (non-hydrogen) atoms. The van der Waals surface area contributed by atoms with E-state index >= 15 is 0 Å². The summed E-state index contributed by atoms with van der Waals surface area (Å²) >= 11 is 0. The smallest absolute Gasteiger partial charge is 0.163 e. The zero-order valence-electron chi connectivity index (χ0n) is 11.9. The van der Waals surface area contributed by atoms with Crippen LogP contribution in [-0.4, -0.2) is 5.78 Å². The molecule has 1 nitrogen and oxygen atoms in total. The van der Waals surface area contributed by atoms with Gasteiger partial charge in [0.15, 0.2) is 5.78 Å². The van der Waals surface area contributed by atoms with Crippen molar-refractivity contribution in [2.45, 2.75) is 51.9 Å². The van der Waals surface area contributed by atoms with Gasteiger partial charge in [-0.3, -0.25) is 4.79 Å². The van der Waals surface area contributed by atoms with Gasteiger partial charge in [0.2, 0.25) is 0 Å². The fraction of sp³-hybridized carbons (Fsp3) is 0.500. The van der Waals surface area contributed by atoms with Gasteiger partial charge in [-0.25, -0.2) is 0 Å². The van der Waals surface area contributed by atoms with E-state index in [9.17, 15) is 4.79 Å². The maximum Gasteiger partial charge on any atom is 0.163 e. The Kier molecular flexibility index (Phi) is 5.38. The van der Waals surface area contributed by atoms with Crippen LogP contribution in [0, 0.1) is 5.92 Å². The van der Waals surface area contributed by atoms with Crippen LogP contribution >= 0.6 is 0 Å². The van der Waals surface area contributed by atoms with E-state index in [0.717, 1.165) is 5.56 Å². The fourth-order valence-electron chi connectivity index (χ4n) is 2.90. The Morgan fingerprint density at radius 3 is 2.84 bits per heavy atom. The fourth-order valence-corrected chi connectivity index (χ4v) is 2.90. The van der Waals surface area contributed by atoms with Gasteiger partial charge in [-0.05, 0) is 31.6 Å². The summed E-state index contributed by atoms with van der Waals surface area (Å²) in [6, 6.07) is 9.71. The SMILES string of the molecule is CCCC/C=C1\CCCC1CC(=O)c1ccccc1. The van der Waals surface area contributed by atoms with Crippen molar-refractivity contribution < 1.29 is 4.79 Å². The van der Waals surface area contributed by atoms with Crippen LogP contribution in [0.2, 0.25) is 0 Å². The van der Waals surface area contributed by atoms with Gasteiger partial charge in [-0.2, -0.15) is 0 Å². The van der Waals surface area contributed by atoms with Gasteiger partial charge < -0.3 is 0 Å². The van der Waals surface area contributed by atoms with Gasteiger partial charge in [0.1, 0.15) is 0 Å². The molecule has 0 radical (unpaired) electrons. The highest BCUT2D eigenvalue weighted by Crippen LogP contribution is 2.34. The summed E-state index contributed by atoms with van der Waals surface area (Å²) < 4.78 is 0. The molecule has 1 aromatic rings. The van der Waals surface area contributed by atoms with Gasteiger partial charge in [0.25, 0.3) is 0 Å². The van der Waals surface area contributed by atoms with Gasteiger partial charge in [0, 0.05) is 12.0 Å². The van der Waals surface area contributed by atoms with Crippen LogP contribution in [0.5, 0.6) is 0 Å². The Bertz CT molecular complexity index is 430. The van der Waals surface area contributed by atoms with Crippen molar-refractivity contribution in [3.8, 4) is 0 Å². The van der Waals surface area contributed by atoms with Crippen LogP contribution < -0.4 is 0 Å². The number of ketones is 1. The summed E-state index contributed by atoms with van der Waals surface area (Å²) in [5.74, 6) is 0.804. The molecule has 102 valence electrons. The van der Waals surface area contributed by atoms with Gasteiger partial charge in [-0.15, -0.1) is 0 Å². The lowest BCUT2D eigenvalue weighted by atomic mass is 9.93. The molecule has 1 aromatic carbocycles. The van der Waals surface area contributed by atoms with Crippen molar-refractivity contribution in [2.75, 3.05) is 0 Å². The predicted octanol–water partition coefficient (Wildman–Crippen LogP) is 5.18. The Hall–Kier alpha value is -1.37. The quantitative estimate of drug-likeness (QED) is 0.389. The molecule has 0 spiro atoms. The Morgan fingerprint density at radius 2 is 2.11 bits per heavy atom. The topological polar surface area (TPSA) is 17.1 Å². The summed E-state index contributed by atoms with van der Waals surface area (Å²) in [4.78, 5) is 12.2. The normalized spacial score (nSPS) is 20.9. The standard InChI is InChI=1S/C18H24O/c1-2-3-5-9-15-12-8-13-17(15)14-18(19)16-10-6-4-7-11-16/h4,6-7,9-11,17H,2-3,5,8,12-14H2,1H3/b15-9+. The molecule has 0 aliphatic heterocycles. The molecule has 1 unspecified atom stereocenters. The first-order chi connectivity index (χ1) is 9.31. The third-order valence-electron chi connectivity index (χ3n) is 4.03. The molecule has 1 fully saturated rings. The van der Waals surface area contributed by atoms with E-state index in [0.29, 0.717) is 18.1 Å². The third-order valence-corrected chi connectivity index (χ3v) is 4.03. The lowest BCUT2D eigenvalue weighted by Crippen LogP contribution is -2.07. The van der Waals surface area contributed by atoms with E-state index in [1.54, 1.807) is 0 Å². The van der Waals surface area contributed by atoms with Crippen molar-refractivity contribution >= 4 is 5.78 Å². The van der Waals surface area contributed by atoms with E-state index < -0.39 is 0 Å². The summed E-state index contributed by atoms with van der Waals surface area (Å²) in [5.41, 5.74) is 2.40. The molecule has 1 heteroatoms. The number of benzene rings is 1. The Balaban J connectivity index is 1.94. The van der Waals surface area contributed by atoms with Crippen LogP contribution in [0.1, 0.15) is 62.2 Å². The number of carbonyl (C=O) groups is 1. The number of unbranched alkanes of at least 4 members (excludes halogenated alkanes) is 2. The van der Waals surface area contributed by atoms with Crippen molar-refractivity contribution in [3.05, 3.63) is 47.5 Å². The molecule has 0 amide bonds. The van der Waals surface area contributed by atoms with E-state index in [-0.39, 0.29) is 0 Å². The van der Waals surface area contributed by atoms with E-state index in [4.69, 9.17) is 0 Å². The second kappa shape index (κ2) is 7.28. The Morgan fingerprint density at radius 1 is 1.32 bits per heavy atom. The van der Waals surface area contributed by atoms with Gasteiger partial charge in [-0.1, -0.05) is 61.7 Å². The maximum absolute atomic E-state index is 12.2. The monoisotopic (exact) mass is 256 g/mol. The highest BCUT2D eigenvalue weighted by Gasteiger charge is 2.23. The lowest BCUT2D eigenvalue weighted by Gasteiger charge is -2.11. The van der Waals surface area contributed by atoms with Crippen LogP contribution in [0.15, 0.2) is 42.0 Å². The van der Waals surface area contributed by atoms with Crippen molar-refractivity contribution in [1.29, 1.82) is 0 Å². The molecule has 1 saturated carbocycles. The molecule has 0 heterocycles. The number of Topliss-reactive ketones (excluding diaryl/α,β-unsaturated/α-hetero) is 1. The zero-order valence-corrected chi connectivity index (χ0v) is 11.9. The number of hydrogen-bond acceptors (Lipinski definition) is 1. The first-order valence-electron chi connectivity index (χ1n) is 7.58. The molecule has 0 N–H and O–H groups in total. The minimum atomic E-state index is 0.300. The highest BCUT2D eigenvalue weighted by atomic mass is 16.1. The first-order valence-corrected chi connectivity index (χ1v) is 7.58. The average Bonchev–Trinajstić information content (AvgIpc) is 2.87. The molecule has 2 rings (SSSR count). The van der Waals surface area contributed by atoms with Crippen LogP contribution in [0.4, 0.5) is 0 Å². The number of hydrogen-bond donors (Lipinski definition) is 0. The second-order valence-corrected chi connectivity index (χ2v) is 5.50. The van der Waals surface area contributed by atoms with Gasteiger partial charge >= 0.3 is 0 Å². The molecule has 1 aliphatic rings. The van der Waals surface area contributed by atoms with Crippen molar-refractivity contribution in [2.24, 2.45) is 5.92 Å². The maximum atomic E-state index is 12.2. The van der Waals surface area contributed by atoms with Crippen LogP contribution in [0.3, 0.4) is 0 Å².